The monoisotopic (exact) mass is 760 g/mol. The molecule has 0 aliphatic heterocycles. The molecule has 4 aromatic carbocycles. The van der Waals surface area contributed by atoms with Gasteiger partial charge in [0.15, 0.2) is 11.5 Å². The summed E-state index contributed by atoms with van der Waals surface area (Å²) in [5, 5.41) is 9.79. The van der Waals surface area contributed by atoms with E-state index in [1.54, 1.807) is 60.7 Å². The van der Waals surface area contributed by atoms with Crippen LogP contribution in [0.2, 0.25) is 0 Å². The number of fused-ring (bicyclic) bond motifs is 3. The predicted molar refractivity (Wildman–Crippen MR) is 207 cm³/mol. The average molecular weight is 761 g/mol. The van der Waals surface area contributed by atoms with Gasteiger partial charge < -0.3 is 38.3 Å². The second-order valence-corrected chi connectivity index (χ2v) is 12.6. The fraction of sp³-hybridized carbons (Fsp3) is 0.182. The summed E-state index contributed by atoms with van der Waals surface area (Å²) in [6.07, 6.45) is 5.70. The number of benzene rings is 4. The van der Waals surface area contributed by atoms with Gasteiger partial charge in [-0.05, 0) is 108 Å². The van der Waals surface area contributed by atoms with Crippen LogP contribution in [0.3, 0.4) is 0 Å². The molecule has 0 saturated heterocycles. The van der Waals surface area contributed by atoms with E-state index in [-0.39, 0.29) is 37.3 Å². The molecule has 5 rings (SSSR count). The minimum Gasteiger partial charge on any atom is -0.493 e. The molecular weight excluding hydrogens is 720 g/mol. The van der Waals surface area contributed by atoms with Gasteiger partial charge in [-0.25, -0.2) is 19.2 Å². The standard InChI is InChI=1S/C44H40O12/c1-26(2)43(48)53-24-51-38-15-7-29(19-31(38)23-45)9-17-41(46)55-32-11-13-34-35-14-12-33(22-37(35)28(5)36(34)21-32)56-42(47)18-10-30-8-16-39(40(20-30)50-6)52-25-54-44(49)27(3)4/h7-22,28,45H,1,3,23-25H2,2,4-6H3. The molecule has 0 saturated carbocycles. The second-order valence-electron chi connectivity index (χ2n) is 12.6. The van der Waals surface area contributed by atoms with E-state index in [4.69, 9.17) is 33.2 Å². The van der Waals surface area contributed by atoms with Gasteiger partial charge in [0.05, 0.1) is 13.7 Å². The molecule has 0 fully saturated rings. The highest BCUT2D eigenvalue weighted by Crippen LogP contribution is 2.47. The Morgan fingerprint density at radius 1 is 0.661 bits per heavy atom. The number of carbonyl (C=O) groups excluding carboxylic acids is 4. The lowest BCUT2D eigenvalue weighted by Crippen LogP contribution is -2.11. The second kappa shape index (κ2) is 18.4. The maximum absolute atomic E-state index is 12.8. The van der Waals surface area contributed by atoms with Crippen molar-refractivity contribution >= 4 is 36.0 Å². The Labute approximate surface area is 323 Å². The van der Waals surface area contributed by atoms with Crippen LogP contribution < -0.4 is 23.7 Å². The number of hydrogen-bond acceptors (Lipinski definition) is 12. The van der Waals surface area contributed by atoms with Gasteiger partial charge in [0.1, 0.15) is 17.2 Å². The summed E-state index contributed by atoms with van der Waals surface area (Å²) in [6.45, 7) is 11.1. The van der Waals surface area contributed by atoms with Crippen LogP contribution in [0.1, 0.15) is 54.5 Å². The van der Waals surface area contributed by atoms with Crippen LogP contribution in [0.15, 0.2) is 109 Å². The lowest BCUT2D eigenvalue weighted by Gasteiger charge is -2.11. The number of esters is 4. The number of aliphatic hydroxyl groups excluding tert-OH is 1. The van der Waals surface area contributed by atoms with Gasteiger partial charge in [-0.2, -0.15) is 0 Å². The largest absolute Gasteiger partial charge is 0.493 e. The third-order valence-electron chi connectivity index (χ3n) is 8.48. The van der Waals surface area contributed by atoms with E-state index in [0.717, 1.165) is 22.3 Å². The summed E-state index contributed by atoms with van der Waals surface area (Å²) in [6, 6.07) is 20.8. The van der Waals surface area contributed by atoms with E-state index >= 15 is 0 Å². The zero-order chi connectivity index (χ0) is 40.4. The van der Waals surface area contributed by atoms with Crippen LogP contribution in [-0.2, 0) is 35.3 Å². The van der Waals surface area contributed by atoms with Crippen molar-refractivity contribution in [3.63, 3.8) is 0 Å². The first-order chi connectivity index (χ1) is 26.9. The first-order valence-electron chi connectivity index (χ1n) is 17.3. The Hall–Kier alpha value is -6.92. The molecular formula is C44H40O12. The maximum Gasteiger partial charge on any atom is 0.336 e. The Morgan fingerprint density at radius 3 is 1.62 bits per heavy atom. The smallest absolute Gasteiger partial charge is 0.336 e. The fourth-order valence-corrected chi connectivity index (χ4v) is 5.63. The molecule has 288 valence electrons. The summed E-state index contributed by atoms with van der Waals surface area (Å²) in [7, 11) is 1.47. The summed E-state index contributed by atoms with van der Waals surface area (Å²) in [4.78, 5) is 48.7. The van der Waals surface area contributed by atoms with Crippen LogP contribution >= 0.6 is 0 Å². The van der Waals surface area contributed by atoms with E-state index < -0.39 is 23.9 Å². The summed E-state index contributed by atoms with van der Waals surface area (Å²) in [5.74, 6) is -0.640. The molecule has 12 heteroatoms. The molecule has 0 spiro atoms. The molecule has 0 amide bonds. The molecule has 0 heterocycles. The van der Waals surface area contributed by atoms with E-state index in [1.807, 2.05) is 31.2 Å². The van der Waals surface area contributed by atoms with E-state index in [9.17, 15) is 24.3 Å². The third kappa shape index (κ3) is 10.2. The van der Waals surface area contributed by atoms with Gasteiger partial charge >= 0.3 is 23.9 Å². The topological polar surface area (TPSA) is 153 Å². The summed E-state index contributed by atoms with van der Waals surface area (Å²) >= 11 is 0. The van der Waals surface area contributed by atoms with Gasteiger partial charge in [-0.15, -0.1) is 0 Å². The molecule has 56 heavy (non-hydrogen) atoms. The van der Waals surface area contributed by atoms with Crippen LogP contribution in [-0.4, -0.2) is 49.7 Å². The lowest BCUT2D eigenvalue weighted by atomic mass is 9.99. The molecule has 1 unspecified atom stereocenters. The summed E-state index contributed by atoms with van der Waals surface area (Å²) in [5.41, 5.74) is 6.04. The highest BCUT2D eigenvalue weighted by molar-refractivity contribution is 5.91. The normalized spacial score (nSPS) is 12.7. The van der Waals surface area contributed by atoms with Gasteiger partial charge in [0.2, 0.25) is 13.6 Å². The van der Waals surface area contributed by atoms with Crippen molar-refractivity contribution in [1.29, 1.82) is 0 Å². The molecule has 1 aliphatic rings. The van der Waals surface area contributed by atoms with Crippen LogP contribution in [0, 0.1) is 0 Å². The Morgan fingerprint density at radius 2 is 1.14 bits per heavy atom. The highest BCUT2D eigenvalue weighted by atomic mass is 16.7. The van der Waals surface area contributed by atoms with Gasteiger partial charge in [0.25, 0.3) is 0 Å². The summed E-state index contributed by atoms with van der Waals surface area (Å²) < 4.78 is 37.4. The van der Waals surface area contributed by atoms with Crippen molar-refractivity contribution in [2.24, 2.45) is 0 Å². The van der Waals surface area contributed by atoms with E-state index in [2.05, 4.69) is 13.2 Å². The number of rotatable bonds is 16. The molecule has 1 atom stereocenters. The minimum atomic E-state index is -0.600. The fourth-order valence-electron chi connectivity index (χ4n) is 5.63. The van der Waals surface area contributed by atoms with Gasteiger partial charge in [0, 0.05) is 34.8 Å². The zero-order valence-corrected chi connectivity index (χ0v) is 31.3. The minimum absolute atomic E-state index is 0.0807. The molecule has 4 aromatic rings. The van der Waals surface area contributed by atoms with Crippen molar-refractivity contribution in [3.8, 4) is 39.9 Å². The molecule has 1 aliphatic carbocycles. The van der Waals surface area contributed by atoms with Gasteiger partial charge in [-0.1, -0.05) is 44.3 Å². The van der Waals surface area contributed by atoms with Crippen LogP contribution in [0.4, 0.5) is 0 Å². The van der Waals surface area contributed by atoms with Crippen molar-refractivity contribution in [3.05, 3.63) is 137 Å². The Balaban J connectivity index is 1.17. The lowest BCUT2D eigenvalue weighted by molar-refractivity contribution is -0.146. The Bertz CT molecular complexity index is 2090. The first kappa shape index (κ1) is 40.3. The van der Waals surface area contributed by atoms with Crippen LogP contribution in [0.25, 0.3) is 23.3 Å². The quantitative estimate of drug-likeness (QED) is 0.0522. The van der Waals surface area contributed by atoms with Gasteiger partial charge in [-0.3, -0.25) is 0 Å². The maximum atomic E-state index is 12.8. The molecule has 0 bridgehead atoms. The number of methoxy groups -OCH3 is 1. The average Bonchev–Trinajstić information content (AvgIpc) is 3.46. The molecule has 12 nitrogen and oxygen atoms in total. The number of aliphatic hydroxyl groups is 1. The third-order valence-corrected chi connectivity index (χ3v) is 8.48. The van der Waals surface area contributed by atoms with Crippen molar-refractivity contribution in [2.45, 2.75) is 33.3 Å². The number of carbonyl (C=O) groups is 4. The highest BCUT2D eigenvalue weighted by Gasteiger charge is 2.27. The van der Waals surface area contributed by atoms with Crippen molar-refractivity contribution in [2.75, 3.05) is 20.7 Å². The molecule has 0 radical (unpaired) electrons. The van der Waals surface area contributed by atoms with Crippen molar-refractivity contribution in [1.82, 2.24) is 0 Å². The SMILES string of the molecule is C=C(C)C(=O)OCOc1ccc(C=CC(=O)Oc2ccc3c(c2)C(C)c2cc(OC(=O)C=Cc4ccc(OCOC(=O)C(=C)C)c(OC)c4)ccc2-3)cc1CO. The Kier molecular flexibility index (Phi) is 13.2. The predicted octanol–water partition coefficient (Wildman–Crippen LogP) is 7.47. The number of ether oxygens (including phenoxy) is 7. The van der Waals surface area contributed by atoms with E-state index in [1.165, 1.54) is 33.1 Å². The molecule has 1 N–H and O–H groups in total. The van der Waals surface area contributed by atoms with Crippen LogP contribution in [0.5, 0.6) is 28.7 Å². The zero-order valence-electron chi connectivity index (χ0n) is 31.3. The first-order valence-corrected chi connectivity index (χ1v) is 17.3. The van der Waals surface area contributed by atoms with Crippen molar-refractivity contribution < 1.29 is 57.4 Å². The number of hydrogen-bond donors (Lipinski definition) is 1. The molecule has 0 aromatic heterocycles. The van der Waals surface area contributed by atoms with E-state index in [0.29, 0.717) is 45.4 Å².